The first-order valence-corrected chi connectivity index (χ1v) is 7.61. The van der Waals surface area contributed by atoms with Crippen LogP contribution in [0.1, 0.15) is 0 Å². The summed E-state index contributed by atoms with van der Waals surface area (Å²) in [6, 6.07) is 16.5. The van der Waals surface area contributed by atoms with E-state index in [0.717, 1.165) is 11.5 Å². The second-order valence-electron chi connectivity index (χ2n) is 3.43. The van der Waals surface area contributed by atoms with Gasteiger partial charge in [0.05, 0.1) is 0 Å². The Kier molecular flexibility index (Phi) is 4.30. The zero-order valence-corrected chi connectivity index (χ0v) is 12.2. The monoisotopic (exact) mass is 344 g/mol. The quantitative estimate of drug-likeness (QED) is 0.782. The van der Waals surface area contributed by atoms with Gasteiger partial charge in [-0.1, -0.05) is 0 Å². The Bertz CT molecular complexity index is 483. The van der Waals surface area contributed by atoms with Crippen LogP contribution in [0.2, 0.25) is 0 Å². The summed E-state index contributed by atoms with van der Waals surface area (Å²) in [5.41, 5.74) is 0. The zero-order chi connectivity index (χ0) is 12.1. The summed E-state index contributed by atoms with van der Waals surface area (Å²) < 4.78 is 13.3. The summed E-state index contributed by atoms with van der Waals surface area (Å²) in [5, 5.41) is 0. The van der Waals surface area contributed by atoms with E-state index < -0.39 is 20.9 Å². The fourth-order valence-electron chi connectivity index (χ4n) is 1.48. The predicted octanol–water partition coefficient (Wildman–Crippen LogP) is 1.36. The molecule has 88 valence electrons. The van der Waals surface area contributed by atoms with Crippen molar-refractivity contribution in [2.24, 2.45) is 0 Å². The van der Waals surface area contributed by atoms with Crippen LogP contribution >= 0.6 is 0 Å². The minimum atomic E-state index is -0.423. The first-order valence-electron chi connectivity index (χ1n) is 5.28. The van der Waals surface area contributed by atoms with E-state index in [4.69, 9.17) is 9.47 Å². The molecule has 0 N–H and O–H groups in total. The van der Waals surface area contributed by atoms with Gasteiger partial charge in [0, 0.05) is 0 Å². The Morgan fingerprint density at radius 1 is 0.882 bits per heavy atom. The molecule has 2 nitrogen and oxygen atoms in total. The van der Waals surface area contributed by atoms with Crippen LogP contribution in [0.25, 0.3) is 0 Å². The van der Waals surface area contributed by atoms with Crippen LogP contribution in [0.15, 0.2) is 48.5 Å². The Hall–Kier alpha value is -1.17. The van der Waals surface area contributed by atoms with Gasteiger partial charge in [0.15, 0.2) is 0 Å². The maximum atomic E-state index is 5.39. The molecule has 0 aliphatic carbocycles. The van der Waals surface area contributed by atoms with Gasteiger partial charge in [0.2, 0.25) is 0 Å². The van der Waals surface area contributed by atoms with Gasteiger partial charge in [-0.25, -0.2) is 0 Å². The molecule has 3 heteroatoms. The molecule has 0 aliphatic heterocycles. The molecular weight excluding hydrogens is 328 g/mol. The second kappa shape index (κ2) is 5.95. The molecule has 2 rings (SSSR count). The third-order valence-corrected chi connectivity index (χ3v) is 5.33. The Morgan fingerprint density at radius 3 is 2.29 bits per heavy atom. The standard InChI is InChI=1S/C14H14O2Te/c1-15-11-8-9-13(16-2)14(10-11)17-12-6-4-3-5-7-12/h3-10H,1-2H3. The molecular formula is C14H14O2Te. The molecule has 2 aromatic carbocycles. The van der Waals surface area contributed by atoms with Crippen molar-refractivity contribution < 1.29 is 9.47 Å². The van der Waals surface area contributed by atoms with E-state index in [1.807, 2.05) is 18.2 Å². The Balaban J connectivity index is 2.30. The average molecular weight is 342 g/mol. The average Bonchev–Trinajstić information content (AvgIpc) is 2.40. The maximum absolute atomic E-state index is 5.39. The number of methoxy groups -OCH3 is 2. The third kappa shape index (κ3) is 3.15. The number of ether oxygens (including phenoxy) is 2. The SMILES string of the molecule is COc1ccc(OC)c([Te]c2ccccc2)c1. The molecule has 0 spiro atoms. The molecule has 0 saturated heterocycles. The van der Waals surface area contributed by atoms with Gasteiger partial charge < -0.3 is 0 Å². The minimum absolute atomic E-state index is 0.423. The summed E-state index contributed by atoms with van der Waals surface area (Å²) in [5.74, 6) is 1.85. The molecule has 2 aromatic rings. The fraction of sp³-hybridized carbons (Fsp3) is 0.143. The normalized spacial score (nSPS) is 10.0. The third-order valence-electron chi connectivity index (χ3n) is 2.34. The molecule has 0 aromatic heterocycles. The molecule has 17 heavy (non-hydrogen) atoms. The first-order chi connectivity index (χ1) is 8.33. The summed E-state index contributed by atoms with van der Waals surface area (Å²) in [6.07, 6.45) is 0. The van der Waals surface area contributed by atoms with Gasteiger partial charge in [-0.05, 0) is 0 Å². The molecule has 0 bridgehead atoms. The van der Waals surface area contributed by atoms with Crippen molar-refractivity contribution in [1.29, 1.82) is 0 Å². The van der Waals surface area contributed by atoms with Crippen LogP contribution in [0.5, 0.6) is 11.5 Å². The summed E-state index contributed by atoms with van der Waals surface area (Å²) in [7, 11) is 3.40. The topological polar surface area (TPSA) is 18.5 Å². The Labute approximate surface area is 112 Å². The van der Waals surface area contributed by atoms with Crippen LogP contribution in [-0.4, -0.2) is 35.1 Å². The van der Waals surface area contributed by atoms with Crippen LogP contribution in [0.3, 0.4) is 0 Å². The van der Waals surface area contributed by atoms with E-state index in [0.29, 0.717) is 0 Å². The van der Waals surface area contributed by atoms with Crippen molar-refractivity contribution in [2.75, 3.05) is 14.2 Å². The molecule has 0 amide bonds. The van der Waals surface area contributed by atoms with E-state index in [2.05, 4.69) is 30.3 Å². The molecule has 0 aliphatic rings. The number of benzene rings is 2. The van der Waals surface area contributed by atoms with Gasteiger partial charge in [-0.3, -0.25) is 0 Å². The second-order valence-corrected chi connectivity index (χ2v) is 6.62. The fourth-order valence-corrected chi connectivity index (χ4v) is 4.26. The van der Waals surface area contributed by atoms with Gasteiger partial charge in [0.1, 0.15) is 0 Å². The molecule has 0 atom stereocenters. The zero-order valence-electron chi connectivity index (χ0n) is 9.84. The summed E-state index contributed by atoms with van der Waals surface area (Å²) in [4.78, 5) is 0. The molecule has 0 unspecified atom stereocenters. The predicted molar refractivity (Wildman–Crippen MR) is 71.0 cm³/mol. The molecule has 0 saturated carbocycles. The van der Waals surface area contributed by atoms with E-state index in [-0.39, 0.29) is 0 Å². The molecule has 0 fully saturated rings. The van der Waals surface area contributed by atoms with Gasteiger partial charge in [-0.2, -0.15) is 0 Å². The number of hydrogen-bond donors (Lipinski definition) is 0. The van der Waals surface area contributed by atoms with Crippen LogP contribution < -0.4 is 16.7 Å². The molecule has 0 heterocycles. The summed E-state index contributed by atoms with van der Waals surface area (Å²) in [6.45, 7) is 0. The number of rotatable bonds is 4. The molecule has 0 radical (unpaired) electrons. The van der Waals surface area contributed by atoms with Crippen molar-refractivity contribution in [1.82, 2.24) is 0 Å². The van der Waals surface area contributed by atoms with E-state index in [1.165, 1.54) is 7.22 Å². The van der Waals surface area contributed by atoms with E-state index in [9.17, 15) is 0 Å². The van der Waals surface area contributed by atoms with Gasteiger partial charge in [-0.15, -0.1) is 0 Å². The van der Waals surface area contributed by atoms with Crippen molar-refractivity contribution in [2.45, 2.75) is 0 Å². The van der Waals surface area contributed by atoms with Crippen molar-refractivity contribution in [3.63, 3.8) is 0 Å². The van der Waals surface area contributed by atoms with Gasteiger partial charge >= 0.3 is 112 Å². The van der Waals surface area contributed by atoms with Crippen LogP contribution in [-0.2, 0) is 0 Å². The van der Waals surface area contributed by atoms with Crippen molar-refractivity contribution >= 4 is 28.1 Å². The summed E-state index contributed by atoms with van der Waals surface area (Å²) >= 11 is -0.423. The van der Waals surface area contributed by atoms with Crippen LogP contribution in [0.4, 0.5) is 0 Å². The first kappa shape index (κ1) is 12.3. The van der Waals surface area contributed by atoms with Crippen molar-refractivity contribution in [3.05, 3.63) is 48.5 Å². The van der Waals surface area contributed by atoms with E-state index >= 15 is 0 Å². The van der Waals surface area contributed by atoms with Gasteiger partial charge in [0.25, 0.3) is 0 Å². The Morgan fingerprint density at radius 2 is 1.65 bits per heavy atom. The van der Waals surface area contributed by atoms with E-state index in [1.54, 1.807) is 14.2 Å². The number of hydrogen-bond acceptors (Lipinski definition) is 2. The van der Waals surface area contributed by atoms with Crippen molar-refractivity contribution in [3.8, 4) is 11.5 Å². The van der Waals surface area contributed by atoms with Crippen LogP contribution in [0, 0.1) is 0 Å².